The molecule has 0 saturated heterocycles. The minimum absolute atomic E-state index is 0.0195. The molecule has 1 heterocycles. The van der Waals surface area contributed by atoms with Crippen molar-refractivity contribution in [3.8, 4) is 0 Å². The van der Waals surface area contributed by atoms with Gasteiger partial charge in [-0.3, -0.25) is 4.79 Å². The summed E-state index contributed by atoms with van der Waals surface area (Å²) in [5.41, 5.74) is 1.17. The zero-order valence-electron chi connectivity index (χ0n) is 12.5. The van der Waals surface area contributed by atoms with Gasteiger partial charge >= 0.3 is 0 Å². The second-order valence-electron chi connectivity index (χ2n) is 5.65. The first kappa shape index (κ1) is 15.8. The molecule has 1 amide bonds. The van der Waals surface area contributed by atoms with Crippen molar-refractivity contribution in [1.29, 1.82) is 0 Å². The molecule has 22 heavy (non-hydrogen) atoms. The van der Waals surface area contributed by atoms with Crippen molar-refractivity contribution in [2.45, 2.75) is 38.6 Å². The van der Waals surface area contributed by atoms with Gasteiger partial charge in [0.25, 0.3) is 5.91 Å². The van der Waals surface area contributed by atoms with E-state index in [0.717, 1.165) is 28.2 Å². The number of pyridine rings is 1. The summed E-state index contributed by atoms with van der Waals surface area (Å²) in [6.45, 7) is 2.73. The lowest BCUT2D eigenvalue weighted by Gasteiger charge is -2.27. The van der Waals surface area contributed by atoms with Crippen molar-refractivity contribution in [1.82, 2.24) is 9.88 Å². The summed E-state index contributed by atoms with van der Waals surface area (Å²) in [6.07, 6.45) is 4.58. The number of fused-ring (bicyclic) bond motifs is 1. The second-order valence-corrected chi connectivity index (χ2v) is 6.92. The fraction of sp³-hybridized carbons (Fsp3) is 0.412. The Morgan fingerprint density at radius 1 is 1.41 bits per heavy atom. The minimum atomic E-state index is -0.0195. The van der Waals surface area contributed by atoms with Crippen LogP contribution in [0.25, 0.3) is 10.9 Å². The van der Waals surface area contributed by atoms with Gasteiger partial charge in [-0.1, -0.05) is 36.6 Å². The quantitative estimate of drug-likeness (QED) is 0.745. The predicted octanol–water partition coefficient (Wildman–Crippen LogP) is 5.06. The van der Waals surface area contributed by atoms with Crippen molar-refractivity contribution in [2.24, 2.45) is 0 Å². The van der Waals surface area contributed by atoms with Crippen molar-refractivity contribution in [3.63, 3.8) is 0 Å². The average molecular weight is 382 g/mol. The largest absolute Gasteiger partial charge is 0.335 e. The van der Waals surface area contributed by atoms with Crippen LogP contribution in [0.3, 0.4) is 0 Å². The van der Waals surface area contributed by atoms with Crippen LogP contribution in [0.15, 0.2) is 28.7 Å². The molecule has 1 aromatic heterocycles. The van der Waals surface area contributed by atoms with E-state index in [-0.39, 0.29) is 5.91 Å². The summed E-state index contributed by atoms with van der Waals surface area (Å²) in [5.74, 6) is -0.0195. The Morgan fingerprint density at radius 2 is 2.14 bits per heavy atom. The third kappa shape index (κ3) is 2.86. The van der Waals surface area contributed by atoms with Crippen LogP contribution in [0.4, 0.5) is 0 Å². The highest BCUT2D eigenvalue weighted by atomic mass is 79.9. The third-order valence-corrected chi connectivity index (χ3v) is 5.28. The topological polar surface area (TPSA) is 33.2 Å². The standard InChI is InChI=1S/C17H18BrClN2O/c1-2-21(11-6-3-4-7-11)17(22)15-10-14(19)12-8-5-9-13(18)16(12)20-15/h5,8-11H,2-4,6-7H2,1H3. The Morgan fingerprint density at radius 3 is 2.82 bits per heavy atom. The summed E-state index contributed by atoms with van der Waals surface area (Å²) in [5, 5.41) is 1.42. The van der Waals surface area contributed by atoms with Gasteiger partial charge < -0.3 is 4.90 Å². The average Bonchev–Trinajstić information content (AvgIpc) is 3.03. The van der Waals surface area contributed by atoms with Gasteiger partial charge in [0.2, 0.25) is 0 Å². The Kier molecular flexibility index (Phi) is 4.69. The number of hydrogen-bond donors (Lipinski definition) is 0. The SMILES string of the molecule is CCN(C(=O)c1cc(Cl)c2cccc(Br)c2n1)C1CCCC1. The number of rotatable bonds is 3. The monoisotopic (exact) mass is 380 g/mol. The van der Waals surface area contributed by atoms with Crippen LogP contribution in [0.1, 0.15) is 43.1 Å². The number of hydrogen-bond acceptors (Lipinski definition) is 2. The lowest BCUT2D eigenvalue weighted by atomic mass is 10.1. The molecule has 1 aliphatic carbocycles. The molecule has 3 nitrogen and oxygen atoms in total. The first-order valence-corrected chi connectivity index (χ1v) is 8.84. The highest BCUT2D eigenvalue weighted by Gasteiger charge is 2.27. The molecule has 0 unspecified atom stereocenters. The normalized spacial score (nSPS) is 15.4. The van der Waals surface area contributed by atoms with Gasteiger partial charge in [0.1, 0.15) is 5.69 Å². The van der Waals surface area contributed by atoms with Crippen LogP contribution >= 0.6 is 27.5 Å². The molecule has 2 aromatic rings. The van der Waals surface area contributed by atoms with Crippen molar-refractivity contribution in [2.75, 3.05) is 6.54 Å². The maximum absolute atomic E-state index is 12.9. The van der Waals surface area contributed by atoms with Crippen molar-refractivity contribution < 1.29 is 4.79 Å². The van der Waals surface area contributed by atoms with Crippen LogP contribution in [-0.4, -0.2) is 28.4 Å². The van der Waals surface area contributed by atoms with E-state index in [9.17, 15) is 4.79 Å². The van der Waals surface area contributed by atoms with Crippen LogP contribution in [0.5, 0.6) is 0 Å². The van der Waals surface area contributed by atoms with E-state index in [0.29, 0.717) is 23.3 Å². The number of halogens is 2. The third-order valence-electron chi connectivity index (χ3n) is 4.33. The van der Waals surface area contributed by atoms with E-state index in [1.807, 2.05) is 30.0 Å². The van der Waals surface area contributed by atoms with E-state index in [2.05, 4.69) is 20.9 Å². The Bertz CT molecular complexity index is 713. The van der Waals surface area contributed by atoms with Crippen molar-refractivity contribution >= 4 is 44.3 Å². The molecular formula is C17H18BrClN2O. The fourth-order valence-corrected chi connectivity index (χ4v) is 3.92. The number of carbonyl (C=O) groups is 1. The molecular weight excluding hydrogens is 364 g/mol. The fourth-order valence-electron chi connectivity index (χ4n) is 3.21. The summed E-state index contributed by atoms with van der Waals surface area (Å²) < 4.78 is 0.852. The molecule has 0 radical (unpaired) electrons. The highest BCUT2D eigenvalue weighted by molar-refractivity contribution is 9.10. The van der Waals surface area contributed by atoms with Gasteiger partial charge in [0.15, 0.2) is 0 Å². The maximum atomic E-state index is 12.9. The predicted molar refractivity (Wildman–Crippen MR) is 93.4 cm³/mol. The number of nitrogens with zero attached hydrogens (tertiary/aromatic N) is 2. The zero-order valence-corrected chi connectivity index (χ0v) is 14.8. The molecule has 5 heteroatoms. The molecule has 3 rings (SSSR count). The minimum Gasteiger partial charge on any atom is -0.335 e. The van der Waals surface area contributed by atoms with Crippen LogP contribution in [0.2, 0.25) is 5.02 Å². The van der Waals surface area contributed by atoms with Gasteiger partial charge in [-0.25, -0.2) is 4.98 Å². The lowest BCUT2D eigenvalue weighted by Crippen LogP contribution is -2.39. The first-order valence-electron chi connectivity index (χ1n) is 7.67. The maximum Gasteiger partial charge on any atom is 0.272 e. The van der Waals surface area contributed by atoms with Crippen molar-refractivity contribution in [3.05, 3.63) is 39.5 Å². The van der Waals surface area contributed by atoms with Crippen LogP contribution in [-0.2, 0) is 0 Å². The summed E-state index contributed by atoms with van der Waals surface area (Å²) in [7, 11) is 0. The van der Waals surface area contributed by atoms with Crippen LogP contribution < -0.4 is 0 Å². The number of para-hydroxylation sites is 1. The smallest absolute Gasteiger partial charge is 0.272 e. The van der Waals surface area contributed by atoms with Gasteiger partial charge in [-0.15, -0.1) is 0 Å². The molecule has 1 aromatic carbocycles. The van der Waals surface area contributed by atoms with Gasteiger partial charge in [-0.05, 0) is 47.8 Å². The number of aromatic nitrogens is 1. The number of benzene rings is 1. The molecule has 1 aliphatic rings. The molecule has 116 valence electrons. The lowest BCUT2D eigenvalue weighted by molar-refractivity contribution is 0.0688. The van der Waals surface area contributed by atoms with Gasteiger partial charge in [0.05, 0.1) is 10.5 Å². The number of amides is 1. The first-order chi connectivity index (χ1) is 10.6. The van der Waals surface area contributed by atoms with E-state index in [1.54, 1.807) is 6.07 Å². The summed E-state index contributed by atoms with van der Waals surface area (Å²) in [6, 6.07) is 7.77. The summed E-state index contributed by atoms with van der Waals surface area (Å²) >= 11 is 9.84. The van der Waals surface area contributed by atoms with Gasteiger partial charge in [-0.2, -0.15) is 0 Å². The molecule has 1 fully saturated rings. The zero-order chi connectivity index (χ0) is 15.7. The van der Waals surface area contributed by atoms with E-state index in [1.165, 1.54) is 12.8 Å². The molecule has 0 aliphatic heterocycles. The van der Waals surface area contributed by atoms with Crippen LogP contribution in [0, 0.1) is 0 Å². The van der Waals surface area contributed by atoms with E-state index in [4.69, 9.17) is 11.6 Å². The molecule has 0 N–H and O–H groups in total. The molecule has 0 bridgehead atoms. The Balaban J connectivity index is 2.01. The van der Waals surface area contributed by atoms with E-state index >= 15 is 0 Å². The summed E-state index contributed by atoms with van der Waals surface area (Å²) in [4.78, 5) is 19.4. The Hall–Kier alpha value is -1.13. The molecule has 1 saturated carbocycles. The van der Waals surface area contributed by atoms with E-state index < -0.39 is 0 Å². The second kappa shape index (κ2) is 6.55. The van der Waals surface area contributed by atoms with Gasteiger partial charge in [0, 0.05) is 22.4 Å². The molecule has 0 atom stereocenters. The molecule has 0 spiro atoms. The Labute approximate surface area is 143 Å². The highest BCUT2D eigenvalue weighted by Crippen LogP contribution is 2.30. The number of carbonyl (C=O) groups excluding carboxylic acids is 1.